The van der Waals surface area contributed by atoms with Crippen molar-refractivity contribution in [3.63, 3.8) is 0 Å². The van der Waals surface area contributed by atoms with Crippen LogP contribution in [-0.2, 0) is 6.42 Å². The van der Waals surface area contributed by atoms with Gasteiger partial charge in [0.1, 0.15) is 5.75 Å². The first kappa shape index (κ1) is 14.7. The predicted octanol–water partition coefficient (Wildman–Crippen LogP) is 3.22. The minimum absolute atomic E-state index is 0.0503. The fraction of sp³-hybridized carbons (Fsp3) is 0.200. The van der Waals surface area contributed by atoms with E-state index >= 15 is 0 Å². The molecule has 2 heterocycles. The van der Waals surface area contributed by atoms with E-state index in [9.17, 15) is 4.79 Å². The summed E-state index contributed by atoms with van der Waals surface area (Å²) in [6, 6.07) is 15.7. The van der Waals surface area contributed by atoms with Gasteiger partial charge in [-0.15, -0.1) is 0 Å². The SMILES string of the molecule is O=C(NC[C@H]1COc2ccccc2C1)c1cccc2cnccc12. The highest BCUT2D eigenvalue weighted by Crippen LogP contribution is 2.26. The zero-order valence-corrected chi connectivity index (χ0v) is 13.2. The van der Waals surface area contributed by atoms with Crippen LogP contribution in [0.4, 0.5) is 0 Å². The predicted molar refractivity (Wildman–Crippen MR) is 93.2 cm³/mol. The first-order valence-electron chi connectivity index (χ1n) is 8.13. The molecule has 4 rings (SSSR count). The molecule has 0 bridgehead atoms. The fourth-order valence-corrected chi connectivity index (χ4v) is 3.17. The highest BCUT2D eigenvalue weighted by Gasteiger charge is 2.20. The molecule has 1 N–H and O–H groups in total. The minimum Gasteiger partial charge on any atom is -0.493 e. The Morgan fingerprint density at radius 3 is 3.04 bits per heavy atom. The quantitative estimate of drug-likeness (QED) is 0.807. The number of hydrogen-bond donors (Lipinski definition) is 1. The molecule has 0 saturated heterocycles. The molecule has 1 aliphatic heterocycles. The van der Waals surface area contributed by atoms with E-state index in [1.54, 1.807) is 12.4 Å². The standard InChI is InChI=1S/C20H18N2O2/c23-20(18-6-3-5-16-12-21-9-8-17(16)18)22-11-14-10-15-4-1-2-7-19(15)24-13-14/h1-9,12,14H,10-11,13H2,(H,22,23)/t14-/m0/s1. The molecule has 24 heavy (non-hydrogen) atoms. The number of para-hydroxylation sites is 1. The van der Waals surface area contributed by atoms with Gasteiger partial charge in [-0.05, 0) is 35.6 Å². The van der Waals surface area contributed by atoms with E-state index in [1.165, 1.54) is 5.56 Å². The highest BCUT2D eigenvalue weighted by atomic mass is 16.5. The second kappa shape index (κ2) is 6.32. The third-order valence-electron chi connectivity index (χ3n) is 4.43. The van der Waals surface area contributed by atoms with Crippen molar-refractivity contribution in [3.8, 4) is 5.75 Å². The molecule has 0 fully saturated rings. The largest absolute Gasteiger partial charge is 0.493 e. The van der Waals surface area contributed by atoms with Crippen LogP contribution >= 0.6 is 0 Å². The lowest BCUT2D eigenvalue weighted by molar-refractivity contribution is 0.0940. The number of nitrogens with one attached hydrogen (secondary N) is 1. The number of carbonyl (C=O) groups excluding carboxylic acids is 1. The summed E-state index contributed by atoms with van der Waals surface area (Å²) >= 11 is 0. The van der Waals surface area contributed by atoms with Gasteiger partial charge < -0.3 is 10.1 Å². The van der Waals surface area contributed by atoms with Gasteiger partial charge in [-0.1, -0.05) is 30.3 Å². The number of ether oxygens (including phenoxy) is 1. The number of fused-ring (bicyclic) bond motifs is 2. The maximum absolute atomic E-state index is 12.6. The van der Waals surface area contributed by atoms with Crippen molar-refractivity contribution < 1.29 is 9.53 Å². The number of amides is 1. The van der Waals surface area contributed by atoms with Crippen LogP contribution in [0.5, 0.6) is 5.75 Å². The van der Waals surface area contributed by atoms with E-state index in [2.05, 4.69) is 16.4 Å². The second-order valence-corrected chi connectivity index (χ2v) is 6.10. The van der Waals surface area contributed by atoms with Crippen LogP contribution in [0.25, 0.3) is 10.8 Å². The molecule has 0 aliphatic carbocycles. The lowest BCUT2D eigenvalue weighted by Crippen LogP contribution is -2.34. The topological polar surface area (TPSA) is 51.2 Å². The number of rotatable bonds is 3. The second-order valence-electron chi connectivity index (χ2n) is 6.10. The minimum atomic E-state index is -0.0503. The molecule has 0 spiro atoms. The van der Waals surface area contributed by atoms with Crippen LogP contribution < -0.4 is 10.1 Å². The number of benzene rings is 2. The Bertz CT molecular complexity index is 886. The summed E-state index contributed by atoms with van der Waals surface area (Å²) < 4.78 is 5.78. The molecule has 4 nitrogen and oxygen atoms in total. The molecule has 120 valence electrons. The Kier molecular flexibility index (Phi) is 3.87. The normalized spacial score (nSPS) is 16.2. The molecule has 0 saturated carbocycles. The van der Waals surface area contributed by atoms with Gasteiger partial charge in [0.25, 0.3) is 5.91 Å². The molecule has 1 atom stereocenters. The van der Waals surface area contributed by atoms with Crippen LogP contribution in [0, 0.1) is 5.92 Å². The molecule has 3 aromatic rings. The molecule has 1 amide bonds. The van der Waals surface area contributed by atoms with E-state index in [-0.39, 0.29) is 5.91 Å². The molecular formula is C20H18N2O2. The zero-order chi connectivity index (χ0) is 16.4. The monoisotopic (exact) mass is 318 g/mol. The molecule has 1 aliphatic rings. The third-order valence-corrected chi connectivity index (χ3v) is 4.43. The molecular weight excluding hydrogens is 300 g/mol. The van der Waals surface area contributed by atoms with E-state index in [4.69, 9.17) is 4.74 Å². The average molecular weight is 318 g/mol. The molecule has 4 heteroatoms. The molecule has 1 aromatic heterocycles. The smallest absolute Gasteiger partial charge is 0.251 e. The fourth-order valence-electron chi connectivity index (χ4n) is 3.17. The van der Waals surface area contributed by atoms with Crippen LogP contribution in [0.15, 0.2) is 60.9 Å². The Labute approximate surface area is 140 Å². The van der Waals surface area contributed by atoms with Gasteiger partial charge in [-0.25, -0.2) is 0 Å². The lowest BCUT2D eigenvalue weighted by atomic mass is 9.96. The van der Waals surface area contributed by atoms with Gasteiger partial charge in [-0.2, -0.15) is 0 Å². The van der Waals surface area contributed by atoms with Gasteiger partial charge in [0.2, 0.25) is 0 Å². The summed E-state index contributed by atoms with van der Waals surface area (Å²) in [7, 11) is 0. The third kappa shape index (κ3) is 2.83. The summed E-state index contributed by atoms with van der Waals surface area (Å²) in [6.45, 7) is 1.24. The number of aromatic nitrogens is 1. The number of pyridine rings is 1. The van der Waals surface area contributed by atoms with Gasteiger partial charge in [0.05, 0.1) is 6.61 Å². The van der Waals surface area contributed by atoms with Crippen molar-refractivity contribution in [3.05, 3.63) is 72.1 Å². The van der Waals surface area contributed by atoms with Gasteiger partial charge in [0.15, 0.2) is 0 Å². The van der Waals surface area contributed by atoms with Crippen molar-refractivity contribution in [1.29, 1.82) is 0 Å². The van der Waals surface area contributed by atoms with Crippen LogP contribution in [0.3, 0.4) is 0 Å². The number of nitrogens with zero attached hydrogens (tertiary/aromatic N) is 1. The maximum Gasteiger partial charge on any atom is 0.251 e. The molecule has 2 aromatic carbocycles. The Hall–Kier alpha value is -2.88. The number of hydrogen-bond acceptors (Lipinski definition) is 3. The first-order valence-corrected chi connectivity index (χ1v) is 8.13. The summed E-state index contributed by atoms with van der Waals surface area (Å²) in [5.74, 6) is 1.20. The van der Waals surface area contributed by atoms with Gasteiger partial charge >= 0.3 is 0 Å². The van der Waals surface area contributed by atoms with Crippen molar-refractivity contribution in [2.45, 2.75) is 6.42 Å². The van der Waals surface area contributed by atoms with Crippen molar-refractivity contribution in [2.75, 3.05) is 13.2 Å². The van der Waals surface area contributed by atoms with E-state index < -0.39 is 0 Å². The van der Waals surface area contributed by atoms with Crippen molar-refractivity contribution >= 4 is 16.7 Å². The average Bonchev–Trinajstić information content (AvgIpc) is 2.65. The number of carbonyl (C=O) groups is 1. The van der Waals surface area contributed by atoms with Gasteiger partial charge in [0, 0.05) is 35.8 Å². The Morgan fingerprint density at radius 2 is 2.08 bits per heavy atom. The van der Waals surface area contributed by atoms with Gasteiger partial charge in [-0.3, -0.25) is 9.78 Å². The van der Waals surface area contributed by atoms with Crippen molar-refractivity contribution in [1.82, 2.24) is 10.3 Å². The lowest BCUT2D eigenvalue weighted by Gasteiger charge is -2.25. The zero-order valence-electron chi connectivity index (χ0n) is 13.2. The molecule has 0 radical (unpaired) electrons. The maximum atomic E-state index is 12.6. The summed E-state index contributed by atoms with van der Waals surface area (Å²) in [5.41, 5.74) is 1.89. The molecule has 0 unspecified atom stereocenters. The van der Waals surface area contributed by atoms with E-state index in [0.29, 0.717) is 24.6 Å². The first-order chi connectivity index (χ1) is 11.8. The van der Waals surface area contributed by atoms with Crippen molar-refractivity contribution in [2.24, 2.45) is 5.92 Å². The van der Waals surface area contributed by atoms with Crippen LogP contribution in [0.1, 0.15) is 15.9 Å². The summed E-state index contributed by atoms with van der Waals surface area (Å²) in [4.78, 5) is 16.7. The summed E-state index contributed by atoms with van der Waals surface area (Å²) in [5, 5.41) is 4.95. The van der Waals surface area contributed by atoms with E-state index in [1.807, 2.05) is 42.5 Å². The highest BCUT2D eigenvalue weighted by molar-refractivity contribution is 6.06. The van der Waals surface area contributed by atoms with Crippen LogP contribution in [-0.4, -0.2) is 24.0 Å². The van der Waals surface area contributed by atoms with E-state index in [0.717, 1.165) is 22.9 Å². The van der Waals surface area contributed by atoms with Crippen LogP contribution in [0.2, 0.25) is 0 Å². The Balaban J connectivity index is 1.45. The summed E-state index contributed by atoms with van der Waals surface area (Å²) in [6.07, 6.45) is 4.42. The Morgan fingerprint density at radius 1 is 1.17 bits per heavy atom.